The Morgan fingerprint density at radius 2 is 2.14 bits per heavy atom. The summed E-state index contributed by atoms with van der Waals surface area (Å²) in [4.78, 5) is 4.42. The summed E-state index contributed by atoms with van der Waals surface area (Å²) in [7, 11) is 0. The van der Waals surface area contributed by atoms with Crippen molar-refractivity contribution in [1.82, 2.24) is 4.98 Å². The molecule has 0 radical (unpaired) electrons. The van der Waals surface area contributed by atoms with Crippen molar-refractivity contribution >= 4 is 26.7 Å². The van der Waals surface area contributed by atoms with Crippen LogP contribution in [0.1, 0.15) is 11.4 Å². The number of fused-ring (bicyclic) bond motifs is 1. The normalized spacial score (nSPS) is 10.8. The molecule has 0 aliphatic carbocycles. The third-order valence-electron chi connectivity index (χ3n) is 2.20. The van der Waals surface area contributed by atoms with Crippen LogP contribution < -0.4 is 5.73 Å². The molecule has 0 bridgehead atoms. The molecule has 3 heteroatoms. The minimum Gasteiger partial charge on any atom is -0.325 e. The first-order valence-electron chi connectivity index (χ1n) is 4.46. The van der Waals surface area contributed by atoms with Gasteiger partial charge in [0.15, 0.2) is 0 Å². The van der Waals surface area contributed by atoms with Crippen LogP contribution >= 0.6 is 15.9 Å². The van der Waals surface area contributed by atoms with Crippen molar-refractivity contribution in [3.63, 3.8) is 0 Å². The van der Waals surface area contributed by atoms with Crippen LogP contribution in [-0.4, -0.2) is 4.98 Å². The SMILES string of the molecule is Cc1cc2ccc(Br)cc2c(CN)n1. The molecule has 0 spiro atoms. The largest absolute Gasteiger partial charge is 0.325 e. The van der Waals surface area contributed by atoms with Crippen LogP contribution in [0.4, 0.5) is 0 Å². The lowest BCUT2D eigenvalue weighted by atomic mass is 10.1. The Hall–Kier alpha value is -0.930. The second kappa shape index (κ2) is 3.67. The number of hydrogen-bond donors (Lipinski definition) is 1. The third-order valence-corrected chi connectivity index (χ3v) is 2.69. The van der Waals surface area contributed by atoms with Gasteiger partial charge in [0.1, 0.15) is 0 Å². The van der Waals surface area contributed by atoms with E-state index in [2.05, 4.69) is 39.1 Å². The van der Waals surface area contributed by atoms with Gasteiger partial charge in [-0.05, 0) is 30.5 Å². The molecule has 1 aromatic carbocycles. The molecule has 0 saturated heterocycles. The second-order valence-electron chi connectivity index (χ2n) is 3.28. The van der Waals surface area contributed by atoms with Crippen molar-refractivity contribution in [1.29, 1.82) is 0 Å². The molecule has 1 aromatic heterocycles. The Morgan fingerprint density at radius 1 is 1.36 bits per heavy atom. The zero-order valence-electron chi connectivity index (χ0n) is 7.92. The van der Waals surface area contributed by atoms with E-state index in [0.29, 0.717) is 6.54 Å². The first-order chi connectivity index (χ1) is 6.70. The number of benzene rings is 1. The molecule has 0 atom stereocenters. The van der Waals surface area contributed by atoms with Crippen molar-refractivity contribution in [3.8, 4) is 0 Å². The highest BCUT2D eigenvalue weighted by atomic mass is 79.9. The monoisotopic (exact) mass is 250 g/mol. The summed E-state index contributed by atoms with van der Waals surface area (Å²) in [6.07, 6.45) is 0. The maximum Gasteiger partial charge on any atom is 0.0621 e. The Bertz CT molecular complexity index is 480. The molecule has 0 fully saturated rings. The predicted molar refractivity (Wildman–Crippen MR) is 62.1 cm³/mol. The van der Waals surface area contributed by atoms with Crippen LogP contribution in [0.3, 0.4) is 0 Å². The van der Waals surface area contributed by atoms with E-state index in [1.165, 1.54) is 5.39 Å². The molecule has 0 amide bonds. The summed E-state index contributed by atoms with van der Waals surface area (Å²) in [5.74, 6) is 0. The first-order valence-corrected chi connectivity index (χ1v) is 5.26. The predicted octanol–water partition coefficient (Wildman–Crippen LogP) is 2.76. The van der Waals surface area contributed by atoms with Crippen LogP contribution in [0.25, 0.3) is 10.8 Å². The maximum absolute atomic E-state index is 5.66. The van der Waals surface area contributed by atoms with E-state index in [4.69, 9.17) is 5.73 Å². The van der Waals surface area contributed by atoms with Gasteiger partial charge in [0.25, 0.3) is 0 Å². The molecule has 2 N–H and O–H groups in total. The van der Waals surface area contributed by atoms with Crippen molar-refractivity contribution in [3.05, 3.63) is 40.1 Å². The highest BCUT2D eigenvalue weighted by Crippen LogP contribution is 2.22. The molecule has 2 rings (SSSR count). The summed E-state index contributed by atoms with van der Waals surface area (Å²) in [5, 5.41) is 2.33. The van der Waals surface area contributed by atoms with Gasteiger partial charge in [0.2, 0.25) is 0 Å². The summed E-state index contributed by atoms with van der Waals surface area (Å²) >= 11 is 3.45. The number of aromatic nitrogens is 1. The van der Waals surface area contributed by atoms with Gasteiger partial charge in [-0.3, -0.25) is 4.98 Å². The van der Waals surface area contributed by atoms with Gasteiger partial charge in [-0.15, -0.1) is 0 Å². The van der Waals surface area contributed by atoms with E-state index in [9.17, 15) is 0 Å². The van der Waals surface area contributed by atoms with Crippen LogP contribution in [-0.2, 0) is 6.54 Å². The fourth-order valence-electron chi connectivity index (χ4n) is 1.59. The smallest absolute Gasteiger partial charge is 0.0621 e. The standard InChI is InChI=1S/C11H11BrN2/c1-7-4-8-2-3-9(12)5-10(8)11(6-13)14-7/h2-5H,6,13H2,1H3. The van der Waals surface area contributed by atoms with E-state index in [1.54, 1.807) is 0 Å². The van der Waals surface area contributed by atoms with E-state index in [-0.39, 0.29) is 0 Å². The summed E-state index contributed by atoms with van der Waals surface area (Å²) < 4.78 is 1.06. The molecule has 0 unspecified atom stereocenters. The summed E-state index contributed by atoms with van der Waals surface area (Å²) in [6, 6.07) is 8.24. The van der Waals surface area contributed by atoms with Gasteiger partial charge in [-0.1, -0.05) is 22.0 Å². The van der Waals surface area contributed by atoms with Crippen molar-refractivity contribution in [2.45, 2.75) is 13.5 Å². The second-order valence-corrected chi connectivity index (χ2v) is 4.20. The average Bonchev–Trinajstić information content (AvgIpc) is 2.17. The van der Waals surface area contributed by atoms with E-state index >= 15 is 0 Å². The number of nitrogens with zero attached hydrogens (tertiary/aromatic N) is 1. The average molecular weight is 251 g/mol. The lowest BCUT2D eigenvalue weighted by Crippen LogP contribution is -2.01. The van der Waals surface area contributed by atoms with Crippen LogP contribution in [0, 0.1) is 6.92 Å². The van der Waals surface area contributed by atoms with Gasteiger partial charge in [0, 0.05) is 22.1 Å². The lowest BCUT2D eigenvalue weighted by Gasteiger charge is -2.05. The Balaban J connectivity index is 2.81. The van der Waals surface area contributed by atoms with Gasteiger partial charge >= 0.3 is 0 Å². The van der Waals surface area contributed by atoms with Crippen molar-refractivity contribution in [2.75, 3.05) is 0 Å². The summed E-state index contributed by atoms with van der Waals surface area (Å²) in [6.45, 7) is 2.47. The van der Waals surface area contributed by atoms with E-state index < -0.39 is 0 Å². The summed E-state index contributed by atoms with van der Waals surface area (Å²) in [5.41, 5.74) is 7.63. The fourth-order valence-corrected chi connectivity index (χ4v) is 1.95. The minimum absolute atomic E-state index is 0.481. The molecule has 1 heterocycles. The molecule has 72 valence electrons. The van der Waals surface area contributed by atoms with Crippen LogP contribution in [0.15, 0.2) is 28.7 Å². The molecule has 0 saturated carbocycles. The molecule has 0 aliphatic heterocycles. The first kappa shape index (κ1) is 9.62. The Kier molecular flexibility index (Phi) is 2.52. The van der Waals surface area contributed by atoms with E-state index in [1.807, 2.05) is 13.0 Å². The molecule has 2 nitrogen and oxygen atoms in total. The topological polar surface area (TPSA) is 38.9 Å². The van der Waals surface area contributed by atoms with Crippen molar-refractivity contribution in [2.24, 2.45) is 5.73 Å². The number of aryl methyl sites for hydroxylation is 1. The number of halogens is 1. The molecule has 14 heavy (non-hydrogen) atoms. The number of hydrogen-bond acceptors (Lipinski definition) is 2. The van der Waals surface area contributed by atoms with Gasteiger partial charge < -0.3 is 5.73 Å². The minimum atomic E-state index is 0.481. The lowest BCUT2D eigenvalue weighted by molar-refractivity contribution is 0.988. The van der Waals surface area contributed by atoms with Crippen LogP contribution in [0.5, 0.6) is 0 Å². The van der Waals surface area contributed by atoms with Crippen LogP contribution in [0.2, 0.25) is 0 Å². The van der Waals surface area contributed by atoms with Gasteiger partial charge in [-0.2, -0.15) is 0 Å². The van der Waals surface area contributed by atoms with E-state index in [0.717, 1.165) is 21.2 Å². The highest BCUT2D eigenvalue weighted by Gasteiger charge is 2.02. The number of pyridine rings is 1. The quantitative estimate of drug-likeness (QED) is 0.846. The Morgan fingerprint density at radius 3 is 2.86 bits per heavy atom. The number of nitrogens with two attached hydrogens (primary N) is 1. The fraction of sp³-hybridized carbons (Fsp3) is 0.182. The molecular formula is C11H11BrN2. The third kappa shape index (κ3) is 1.65. The maximum atomic E-state index is 5.66. The molecule has 0 aliphatic rings. The Labute approximate surface area is 91.3 Å². The molecular weight excluding hydrogens is 240 g/mol. The molecule has 2 aromatic rings. The number of rotatable bonds is 1. The highest BCUT2D eigenvalue weighted by molar-refractivity contribution is 9.10. The van der Waals surface area contributed by atoms with Gasteiger partial charge in [0.05, 0.1) is 5.69 Å². The zero-order valence-corrected chi connectivity index (χ0v) is 9.51. The van der Waals surface area contributed by atoms with Crippen molar-refractivity contribution < 1.29 is 0 Å². The zero-order chi connectivity index (χ0) is 10.1. The van der Waals surface area contributed by atoms with Gasteiger partial charge in [-0.25, -0.2) is 0 Å².